The van der Waals surface area contributed by atoms with Crippen LogP contribution < -0.4 is 5.32 Å². The largest absolute Gasteiger partial charge is 0.247 e. The molecule has 0 atom stereocenters. The zero-order chi connectivity index (χ0) is 12.2. The van der Waals surface area contributed by atoms with E-state index in [0.29, 0.717) is 0 Å². The molecule has 0 saturated heterocycles. The van der Waals surface area contributed by atoms with E-state index in [1.807, 2.05) is 0 Å². The Kier molecular flexibility index (Phi) is 2.06. The highest BCUT2D eigenvalue weighted by atomic mass is 14.9. The van der Waals surface area contributed by atoms with E-state index < -0.39 is 0 Å². The zero-order valence-corrected chi connectivity index (χ0v) is 10.8. The lowest BCUT2D eigenvalue weighted by molar-refractivity contribution is 1.17. The molecule has 0 saturated carbocycles. The van der Waals surface area contributed by atoms with E-state index in [1.54, 1.807) is 0 Å². The fourth-order valence-electron chi connectivity index (χ4n) is 2.74. The fraction of sp³-hybridized carbons (Fsp3) is 0.250. The van der Waals surface area contributed by atoms with E-state index in [0.717, 1.165) is 11.4 Å². The summed E-state index contributed by atoms with van der Waals surface area (Å²) in [6, 6.07) is 8.90. The Bertz CT molecular complexity index is 568. The summed E-state index contributed by atoms with van der Waals surface area (Å²) in [5, 5.41) is 4.80. The van der Waals surface area contributed by atoms with Crippen LogP contribution in [0, 0.1) is 27.7 Å². The van der Waals surface area contributed by atoms with Gasteiger partial charge in [-0.3, -0.25) is 0 Å². The first-order valence-corrected chi connectivity index (χ1v) is 6.01. The first kappa shape index (κ1) is 10.4. The van der Waals surface area contributed by atoms with E-state index in [4.69, 9.17) is 5.32 Å². The van der Waals surface area contributed by atoms with Crippen molar-refractivity contribution in [1.82, 2.24) is 5.32 Å². The van der Waals surface area contributed by atoms with Crippen molar-refractivity contribution in [2.75, 3.05) is 0 Å². The van der Waals surface area contributed by atoms with Gasteiger partial charge in [0.05, 0.1) is 11.4 Å². The Hall–Kier alpha value is -1.76. The van der Waals surface area contributed by atoms with Gasteiger partial charge in [0.1, 0.15) is 0 Å². The highest BCUT2D eigenvalue weighted by Crippen LogP contribution is 2.46. The number of hydrogen-bond acceptors (Lipinski definition) is 0. The van der Waals surface area contributed by atoms with Crippen LogP contribution in [0.2, 0.25) is 0 Å². The minimum Gasteiger partial charge on any atom is -0.247 e. The third-order valence-corrected chi connectivity index (χ3v) is 3.40. The summed E-state index contributed by atoms with van der Waals surface area (Å²) >= 11 is 0. The van der Waals surface area contributed by atoms with Crippen LogP contribution >= 0.6 is 0 Å². The predicted octanol–water partition coefficient (Wildman–Crippen LogP) is 4.47. The smallest absolute Gasteiger partial charge is 0.0745 e. The summed E-state index contributed by atoms with van der Waals surface area (Å²) in [5.74, 6) is 0. The Morgan fingerprint density at radius 3 is 1.47 bits per heavy atom. The number of nitrogens with zero attached hydrogens (tertiary/aromatic N) is 1. The first-order chi connectivity index (χ1) is 8.06. The standard InChI is InChI=1S/C16H16N/c1-9-5-11(3)15-13(7-9)14-8-10(2)6-12(4)16(14)17-15/h5-8H,1-4H3. The van der Waals surface area contributed by atoms with Gasteiger partial charge in [0, 0.05) is 11.1 Å². The van der Waals surface area contributed by atoms with Crippen LogP contribution in [0.1, 0.15) is 22.3 Å². The van der Waals surface area contributed by atoms with Crippen molar-refractivity contribution in [2.45, 2.75) is 27.7 Å². The molecule has 2 aromatic carbocycles. The molecule has 0 amide bonds. The molecular weight excluding hydrogens is 206 g/mol. The topological polar surface area (TPSA) is 14.1 Å². The van der Waals surface area contributed by atoms with Crippen LogP contribution in [0.3, 0.4) is 0 Å². The SMILES string of the molecule is Cc1cc(C)c2c(c1)-c1cc(C)cc(C)c1[N]2. The number of rotatable bonds is 0. The molecule has 1 heteroatoms. The van der Waals surface area contributed by atoms with Crippen LogP contribution in [0.5, 0.6) is 0 Å². The highest BCUT2D eigenvalue weighted by Gasteiger charge is 2.23. The molecule has 0 spiro atoms. The van der Waals surface area contributed by atoms with Crippen LogP contribution in [0.4, 0.5) is 11.4 Å². The lowest BCUT2D eigenvalue weighted by atomic mass is 9.98. The van der Waals surface area contributed by atoms with Crippen molar-refractivity contribution < 1.29 is 0 Å². The van der Waals surface area contributed by atoms with Gasteiger partial charge in [0.25, 0.3) is 0 Å². The Morgan fingerprint density at radius 1 is 0.647 bits per heavy atom. The molecule has 1 radical (unpaired) electrons. The number of hydrogen-bond donors (Lipinski definition) is 0. The van der Waals surface area contributed by atoms with Crippen molar-refractivity contribution in [3.8, 4) is 11.1 Å². The van der Waals surface area contributed by atoms with Crippen molar-refractivity contribution >= 4 is 11.4 Å². The molecule has 0 aliphatic carbocycles. The number of benzene rings is 2. The Morgan fingerprint density at radius 2 is 1.06 bits per heavy atom. The van der Waals surface area contributed by atoms with E-state index >= 15 is 0 Å². The van der Waals surface area contributed by atoms with Crippen LogP contribution in [0.15, 0.2) is 24.3 Å². The molecular formula is C16H16N. The number of aryl methyl sites for hydroxylation is 4. The summed E-state index contributed by atoms with van der Waals surface area (Å²) in [6.45, 7) is 8.58. The van der Waals surface area contributed by atoms with Crippen molar-refractivity contribution in [2.24, 2.45) is 0 Å². The molecule has 0 fully saturated rings. The molecule has 0 N–H and O–H groups in total. The fourth-order valence-corrected chi connectivity index (χ4v) is 2.74. The average molecular weight is 222 g/mol. The monoisotopic (exact) mass is 222 g/mol. The molecule has 1 aliphatic heterocycles. The molecule has 0 unspecified atom stereocenters. The van der Waals surface area contributed by atoms with Gasteiger partial charge < -0.3 is 0 Å². The third kappa shape index (κ3) is 1.46. The minimum absolute atomic E-state index is 1.15. The maximum atomic E-state index is 4.80. The molecule has 2 aromatic rings. The summed E-state index contributed by atoms with van der Waals surface area (Å²) < 4.78 is 0. The van der Waals surface area contributed by atoms with E-state index in [2.05, 4.69) is 52.0 Å². The van der Waals surface area contributed by atoms with Crippen LogP contribution in [0.25, 0.3) is 11.1 Å². The van der Waals surface area contributed by atoms with Gasteiger partial charge in [-0.05, 0) is 51.0 Å². The molecule has 3 rings (SSSR count). The molecule has 0 aromatic heterocycles. The van der Waals surface area contributed by atoms with Gasteiger partial charge in [-0.1, -0.05) is 23.3 Å². The van der Waals surface area contributed by atoms with Gasteiger partial charge in [-0.25, -0.2) is 5.32 Å². The van der Waals surface area contributed by atoms with Gasteiger partial charge in [-0.15, -0.1) is 0 Å². The minimum atomic E-state index is 1.15. The van der Waals surface area contributed by atoms with Crippen molar-refractivity contribution in [1.29, 1.82) is 0 Å². The Labute approximate surface area is 102 Å². The normalized spacial score (nSPS) is 12.0. The van der Waals surface area contributed by atoms with Gasteiger partial charge in [-0.2, -0.15) is 0 Å². The summed E-state index contributed by atoms with van der Waals surface area (Å²) in [6.07, 6.45) is 0. The molecule has 0 bridgehead atoms. The summed E-state index contributed by atoms with van der Waals surface area (Å²) in [7, 11) is 0. The number of fused-ring (bicyclic) bond motifs is 3. The summed E-state index contributed by atoms with van der Waals surface area (Å²) in [5.41, 5.74) is 10.1. The maximum absolute atomic E-state index is 4.80. The van der Waals surface area contributed by atoms with Crippen LogP contribution in [-0.4, -0.2) is 0 Å². The third-order valence-electron chi connectivity index (χ3n) is 3.40. The van der Waals surface area contributed by atoms with Gasteiger partial charge in [0.2, 0.25) is 0 Å². The van der Waals surface area contributed by atoms with Crippen molar-refractivity contribution in [3.63, 3.8) is 0 Å². The summed E-state index contributed by atoms with van der Waals surface area (Å²) in [4.78, 5) is 0. The lowest BCUT2D eigenvalue weighted by Crippen LogP contribution is -1.89. The molecule has 17 heavy (non-hydrogen) atoms. The van der Waals surface area contributed by atoms with Crippen LogP contribution in [-0.2, 0) is 0 Å². The average Bonchev–Trinajstić information content (AvgIpc) is 2.58. The van der Waals surface area contributed by atoms with E-state index in [-0.39, 0.29) is 0 Å². The maximum Gasteiger partial charge on any atom is 0.0745 e. The quantitative estimate of drug-likeness (QED) is 0.533. The Balaban J connectivity index is 2.34. The predicted molar refractivity (Wildman–Crippen MR) is 72.3 cm³/mol. The van der Waals surface area contributed by atoms with Gasteiger partial charge in [0.15, 0.2) is 0 Å². The molecule has 1 nitrogen and oxygen atoms in total. The molecule has 85 valence electrons. The molecule has 1 heterocycles. The van der Waals surface area contributed by atoms with E-state index in [1.165, 1.54) is 33.4 Å². The van der Waals surface area contributed by atoms with E-state index in [9.17, 15) is 0 Å². The second-order valence-electron chi connectivity index (χ2n) is 5.07. The highest BCUT2D eigenvalue weighted by molar-refractivity contribution is 5.93. The second kappa shape index (κ2) is 3.36. The van der Waals surface area contributed by atoms with Gasteiger partial charge >= 0.3 is 0 Å². The zero-order valence-electron chi connectivity index (χ0n) is 10.8. The van der Waals surface area contributed by atoms with Crippen molar-refractivity contribution in [3.05, 3.63) is 46.5 Å². The molecule has 1 aliphatic rings. The second-order valence-corrected chi connectivity index (χ2v) is 5.07. The first-order valence-electron chi connectivity index (χ1n) is 6.01. The lowest BCUT2D eigenvalue weighted by Gasteiger charge is -2.04.